The highest BCUT2D eigenvalue weighted by Gasteiger charge is 2.34. The van der Waals surface area contributed by atoms with Crippen molar-refractivity contribution >= 4 is 16.5 Å². The number of nitrogens with zero attached hydrogens (tertiary/aromatic N) is 3. The first kappa shape index (κ1) is 14.7. The van der Waals surface area contributed by atoms with Gasteiger partial charge < -0.3 is 10.2 Å². The maximum atomic E-state index is 4.25. The van der Waals surface area contributed by atoms with Gasteiger partial charge in [0.2, 0.25) is 5.13 Å². The van der Waals surface area contributed by atoms with E-state index in [0.29, 0.717) is 5.41 Å². The van der Waals surface area contributed by atoms with Crippen LogP contribution in [0.4, 0.5) is 5.13 Å². The van der Waals surface area contributed by atoms with Crippen molar-refractivity contribution in [3.63, 3.8) is 0 Å². The van der Waals surface area contributed by atoms with E-state index < -0.39 is 0 Å². The van der Waals surface area contributed by atoms with Crippen molar-refractivity contribution in [2.45, 2.75) is 45.4 Å². The van der Waals surface area contributed by atoms with Crippen LogP contribution < -0.4 is 5.32 Å². The number of hydrogen-bond acceptors (Lipinski definition) is 5. The third-order valence-corrected chi connectivity index (χ3v) is 4.80. The number of aromatic nitrogens is 2. The summed E-state index contributed by atoms with van der Waals surface area (Å²) < 4.78 is 0. The summed E-state index contributed by atoms with van der Waals surface area (Å²) in [7, 11) is 4.34. The van der Waals surface area contributed by atoms with E-state index in [2.05, 4.69) is 41.4 Å². The van der Waals surface area contributed by atoms with E-state index >= 15 is 0 Å². The summed E-state index contributed by atoms with van der Waals surface area (Å²) in [5, 5.41) is 14.2. The zero-order valence-electron chi connectivity index (χ0n) is 12.4. The van der Waals surface area contributed by atoms with Gasteiger partial charge in [-0.05, 0) is 33.4 Å². The van der Waals surface area contributed by atoms with Gasteiger partial charge >= 0.3 is 0 Å². The fraction of sp³-hybridized carbons (Fsp3) is 0.857. The topological polar surface area (TPSA) is 41.1 Å². The standard InChI is InChI=1S/C14H26N4S/c1-4-7-12-16-17-13(19-12)15-10-14(11-18(2)3)8-5-6-9-14/h4-11H2,1-3H3,(H,15,17). The van der Waals surface area contributed by atoms with Gasteiger partial charge in [0.25, 0.3) is 0 Å². The Kier molecular flexibility index (Phi) is 5.16. The van der Waals surface area contributed by atoms with Gasteiger partial charge in [0.1, 0.15) is 5.01 Å². The van der Waals surface area contributed by atoms with E-state index in [1.807, 2.05) is 0 Å². The Balaban J connectivity index is 1.90. The summed E-state index contributed by atoms with van der Waals surface area (Å²) >= 11 is 1.71. The lowest BCUT2D eigenvalue weighted by Gasteiger charge is -2.32. The average Bonchev–Trinajstić information content (AvgIpc) is 2.97. The summed E-state index contributed by atoms with van der Waals surface area (Å²) in [4.78, 5) is 2.32. The van der Waals surface area contributed by atoms with Crippen LogP contribution in [0.2, 0.25) is 0 Å². The minimum absolute atomic E-state index is 0.431. The zero-order valence-corrected chi connectivity index (χ0v) is 13.2. The van der Waals surface area contributed by atoms with Crippen molar-refractivity contribution in [2.75, 3.05) is 32.5 Å². The Hall–Kier alpha value is -0.680. The van der Waals surface area contributed by atoms with E-state index in [4.69, 9.17) is 0 Å². The smallest absolute Gasteiger partial charge is 0.205 e. The van der Waals surface area contributed by atoms with Gasteiger partial charge in [0, 0.05) is 24.9 Å². The molecule has 1 aromatic rings. The van der Waals surface area contributed by atoms with Crippen molar-refractivity contribution in [2.24, 2.45) is 5.41 Å². The van der Waals surface area contributed by atoms with Crippen LogP contribution >= 0.6 is 11.3 Å². The summed E-state index contributed by atoms with van der Waals surface area (Å²) in [6.45, 7) is 4.38. The third kappa shape index (κ3) is 4.14. The molecule has 5 heteroatoms. The average molecular weight is 282 g/mol. The highest BCUT2D eigenvalue weighted by Crippen LogP contribution is 2.38. The van der Waals surface area contributed by atoms with Crippen molar-refractivity contribution in [1.82, 2.24) is 15.1 Å². The SMILES string of the molecule is CCCc1nnc(NCC2(CN(C)C)CCCC2)s1. The van der Waals surface area contributed by atoms with Crippen LogP contribution in [-0.4, -0.2) is 42.3 Å². The molecule has 0 bridgehead atoms. The van der Waals surface area contributed by atoms with Crippen LogP contribution in [0.15, 0.2) is 0 Å². The molecule has 1 heterocycles. The highest BCUT2D eigenvalue weighted by atomic mass is 32.1. The van der Waals surface area contributed by atoms with Gasteiger partial charge in [0.05, 0.1) is 0 Å². The van der Waals surface area contributed by atoms with E-state index in [-0.39, 0.29) is 0 Å². The van der Waals surface area contributed by atoms with Gasteiger partial charge in [-0.25, -0.2) is 0 Å². The number of anilines is 1. The lowest BCUT2D eigenvalue weighted by Crippen LogP contribution is -2.37. The van der Waals surface area contributed by atoms with Crippen molar-refractivity contribution in [1.29, 1.82) is 0 Å². The molecule has 0 unspecified atom stereocenters. The molecule has 1 N–H and O–H groups in total. The molecular weight excluding hydrogens is 256 g/mol. The van der Waals surface area contributed by atoms with E-state index in [1.54, 1.807) is 11.3 Å². The molecule has 1 aromatic heterocycles. The number of aryl methyl sites for hydroxylation is 1. The zero-order chi connectivity index (χ0) is 13.7. The first-order chi connectivity index (χ1) is 9.13. The molecule has 0 saturated heterocycles. The molecule has 0 aliphatic heterocycles. The minimum atomic E-state index is 0.431. The van der Waals surface area contributed by atoms with Gasteiger partial charge in [-0.15, -0.1) is 10.2 Å². The van der Waals surface area contributed by atoms with Crippen LogP contribution in [0.5, 0.6) is 0 Å². The fourth-order valence-corrected chi connectivity index (χ4v) is 3.93. The van der Waals surface area contributed by atoms with E-state index in [1.165, 1.54) is 32.2 Å². The molecule has 0 atom stereocenters. The molecule has 0 radical (unpaired) electrons. The molecule has 1 fully saturated rings. The molecule has 1 saturated carbocycles. The van der Waals surface area contributed by atoms with E-state index in [9.17, 15) is 0 Å². The van der Waals surface area contributed by atoms with Gasteiger partial charge in [-0.3, -0.25) is 0 Å². The molecule has 19 heavy (non-hydrogen) atoms. The van der Waals surface area contributed by atoms with Gasteiger partial charge in [-0.1, -0.05) is 31.1 Å². The van der Waals surface area contributed by atoms with Crippen molar-refractivity contribution in [3.8, 4) is 0 Å². The molecular formula is C14H26N4S. The van der Waals surface area contributed by atoms with Crippen LogP contribution in [-0.2, 0) is 6.42 Å². The van der Waals surface area contributed by atoms with E-state index in [0.717, 1.165) is 29.5 Å². The Morgan fingerprint density at radius 1 is 1.26 bits per heavy atom. The Bertz CT molecular complexity index is 383. The third-order valence-electron chi connectivity index (χ3n) is 3.86. The summed E-state index contributed by atoms with van der Waals surface area (Å²) in [6, 6.07) is 0. The summed E-state index contributed by atoms with van der Waals surface area (Å²) in [5.41, 5.74) is 0.431. The Morgan fingerprint density at radius 3 is 2.63 bits per heavy atom. The maximum Gasteiger partial charge on any atom is 0.205 e. The second kappa shape index (κ2) is 6.66. The van der Waals surface area contributed by atoms with Gasteiger partial charge in [0.15, 0.2) is 0 Å². The van der Waals surface area contributed by atoms with Crippen molar-refractivity contribution in [3.05, 3.63) is 5.01 Å². The molecule has 1 aliphatic rings. The molecule has 0 spiro atoms. The molecule has 4 nitrogen and oxygen atoms in total. The second-order valence-electron chi connectivity index (χ2n) is 6.05. The fourth-order valence-electron chi connectivity index (χ4n) is 3.09. The number of nitrogens with one attached hydrogen (secondary N) is 1. The molecule has 2 rings (SSSR count). The van der Waals surface area contributed by atoms with Crippen LogP contribution in [0.3, 0.4) is 0 Å². The Labute approximate surface area is 120 Å². The molecule has 0 amide bonds. The van der Waals surface area contributed by atoms with Crippen LogP contribution in [0, 0.1) is 5.41 Å². The predicted octanol–water partition coefficient (Wildman–Crippen LogP) is 3.02. The largest absolute Gasteiger partial charge is 0.359 e. The lowest BCUT2D eigenvalue weighted by molar-refractivity contribution is 0.215. The quantitative estimate of drug-likeness (QED) is 0.834. The summed E-state index contributed by atoms with van der Waals surface area (Å²) in [6.07, 6.45) is 7.58. The van der Waals surface area contributed by atoms with Crippen LogP contribution in [0.25, 0.3) is 0 Å². The Morgan fingerprint density at radius 2 is 2.00 bits per heavy atom. The lowest BCUT2D eigenvalue weighted by atomic mass is 9.85. The second-order valence-corrected chi connectivity index (χ2v) is 7.11. The van der Waals surface area contributed by atoms with Gasteiger partial charge in [-0.2, -0.15) is 0 Å². The normalized spacial score (nSPS) is 18.1. The first-order valence-electron chi connectivity index (χ1n) is 7.34. The highest BCUT2D eigenvalue weighted by molar-refractivity contribution is 7.15. The molecule has 108 valence electrons. The molecule has 1 aliphatic carbocycles. The monoisotopic (exact) mass is 282 g/mol. The predicted molar refractivity (Wildman–Crippen MR) is 81.8 cm³/mol. The summed E-state index contributed by atoms with van der Waals surface area (Å²) in [5.74, 6) is 0. The minimum Gasteiger partial charge on any atom is -0.359 e. The first-order valence-corrected chi connectivity index (χ1v) is 8.16. The van der Waals surface area contributed by atoms with Crippen molar-refractivity contribution < 1.29 is 0 Å². The maximum absolute atomic E-state index is 4.25. The number of rotatable bonds is 7. The number of hydrogen-bond donors (Lipinski definition) is 1. The molecule has 0 aromatic carbocycles. The van der Waals surface area contributed by atoms with Crippen LogP contribution in [0.1, 0.15) is 44.0 Å².